The van der Waals surface area contributed by atoms with E-state index in [1.807, 2.05) is 30.3 Å². The molecule has 12 nitrogen and oxygen atoms in total. The molecule has 1 amide bonds. The highest BCUT2D eigenvalue weighted by atomic mass is 35.5. The van der Waals surface area contributed by atoms with E-state index in [1.54, 1.807) is 51.1 Å². The molecule has 6 rings (SSSR count). The molecule has 0 saturated heterocycles. The Morgan fingerprint density at radius 3 is 2.39 bits per heavy atom. The lowest BCUT2D eigenvalue weighted by atomic mass is 9.76. The van der Waals surface area contributed by atoms with Crippen LogP contribution in [0.3, 0.4) is 0 Å². The van der Waals surface area contributed by atoms with Gasteiger partial charge in [0.25, 0.3) is 8.53 Å². The van der Waals surface area contributed by atoms with Gasteiger partial charge in [-0.3, -0.25) is 9.59 Å². The molecule has 0 radical (unpaired) electrons. The molecule has 4 aromatic rings. The second kappa shape index (κ2) is 19.5. The van der Waals surface area contributed by atoms with Crippen molar-refractivity contribution in [1.29, 1.82) is 5.26 Å². The summed E-state index contributed by atoms with van der Waals surface area (Å²) in [7, 11) is -1.27. The minimum atomic E-state index is -1.45. The fraction of sp³-hybridized carbons (Fsp3) is 0.447. The first-order valence-electron chi connectivity index (χ1n) is 20.9. The van der Waals surface area contributed by atoms with Gasteiger partial charge in [-0.1, -0.05) is 48.7 Å². The molecule has 2 atom stereocenters. The van der Waals surface area contributed by atoms with E-state index in [4.69, 9.17) is 40.1 Å². The summed E-state index contributed by atoms with van der Waals surface area (Å²) in [6.45, 7) is 15.1. The van der Waals surface area contributed by atoms with Crippen LogP contribution < -0.4 is 14.8 Å². The van der Waals surface area contributed by atoms with Gasteiger partial charge in [0.05, 0.1) is 41.7 Å². The first-order chi connectivity index (χ1) is 29.1. The fourth-order valence-corrected chi connectivity index (χ4v) is 9.47. The molecule has 0 saturated carbocycles. The van der Waals surface area contributed by atoms with E-state index in [1.165, 1.54) is 0 Å². The van der Waals surface area contributed by atoms with Crippen molar-refractivity contribution in [2.24, 2.45) is 5.41 Å². The van der Waals surface area contributed by atoms with E-state index in [0.29, 0.717) is 76.3 Å². The van der Waals surface area contributed by atoms with Gasteiger partial charge in [-0.15, -0.1) is 0 Å². The zero-order chi connectivity index (χ0) is 44.1. The number of nitrogens with zero attached hydrogens (tertiary/aromatic N) is 2. The van der Waals surface area contributed by atoms with Crippen LogP contribution in [0.1, 0.15) is 120 Å². The summed E-state index contributed by atoms with van der Waals surface area (Å²) in [6.07, 6.45) is 4.10. The van der Waals surface area contributed by atoms with Crippen LogP contribution in [0.15, 0.2) is 60.7 Å². The Morgan fingerprint density at radius 2 is 1.67 bits per heavy atom. The zero-order valence-corrected chi connectivity index (χ0v) is 37.6. The van der Waals surface area contributed by atoms with Gasteiger partial charge in [0.2, 0.25) is 5.91 Å². The average molecular weight is 872 g/mol. The highest BCUT2D eigenvalue weighted by molar-refractivity contribution is 7.44. The Hall–Kier alpha value is -4.76. The van der Waals surface area contributed by atoms with E-state index < -0.39 is 31.5 Å². The van der Waals surface area contributed by atoms with E-state index in [2.05, 4.69) is 43.8 Å². The van der Waals surface area contributed by atoms with Crippen LogP contribution in [0, 0.1) is 16.7 Å². The first-order valence-corrected chi connectivity index (χ1v) is 22.4. The number of aromatic hydroxyl groups is 1. The number of hydrogen-bond acceptors (Lipinski definition) is 11. The molecule has 14 heteroatoms. The Kier molecular flexibility index (Phi) is 14.6. The molecule has 324 valence electrons. The van der Waals surface area contributed by atoms with Crippen molar-refractivity contribution in [3.05, 3.63) is 93.5 Å². The van der Waals surface area contributed by atoms with Crippen LogP contribution in [-0.2, 0) is 35.4 Å². The van der Waals surface area contributed by atoms with Crippen LogP contribution in [0.4, 0.5) is 0 Å². The second-order valence-corrected chi connectivity index (χ2v) is 18.8. The largest absolute Gasteiger partial charge is 0.506 e. The maximum absolute atomic E-state index is 13.6. The molecule has 4 aromatic carbocycles. The molecular formula is C47H55ClN3O9P. The van der Waals surface area contributed by atoms with Crippen molar-refractivity contribution < 1.29 is 42.7 Å². The molecule has 2 aliphatic rings. The third-order valence-corrected chi connectivity index (χ3v) is 13.0. The Morgan fingerprint density at radius 1 is 0.951 bits per heavy atom. The number of carbonyl (C=O) groups excluding carboxylic acids is 3. The lowest BCUT2D eigenvalue weighted by molar-refractivity contribution is -0.143. The lowest BCUT2D eigenvalue weighted by Gasteiger charge is -2.37. The zero-order valence-electron chi connectivity index (χ0n) is 35.9. The highest BCUT2D eigenvalue weighted by Gasteiger charge is 2.54. The van der Waals surface area contributed by atoms with Gasteiger partial charge < -0.3 is 33.7 Å². The van der Waals surface area contributed by atoms with Crippen LogP contribution >= 0.6 is 20.1 Å². The predicted octanol–water partition coefficient (Wildman–Crippen LogP) is 10.6. The van der Waals surface area contributed by atoms with Gasteiger partial charge >= 0.3 is 11.9 Å². The summed E-state index contributed by atoms with van der Waals surface area (Å²) in [5.41, 5.74) is 0.367. The number of unbranched alkanes of at least 4 members (excludes halogenated alkanes) is 3. The average Bonchev–Trinajstić information content (AvgIpc) is 3.50. The summed E-state index contributed by atoms with van der Waals surface area (Å²) in [6, 6.07) is 20.0. The fourth-order valence-electron chi connectivity index (χ4n) is 7.68. The molecule has 61 heavy (non-hydrogen) atoms. The monoisotopic (exact) mass is 871 g/mol. The highest BCUT2D eigenvalue weighted by Crippen LogP contribution is 2.59. The molecule has 2 aliphatic heterocycles. The van der Waals surface area contributed by atoms with Crippen LogP contribution in [0.5, 0.6) is 23.0 Å². The van der Waals surface area contributed by atoms with Crippen LogP contribution in [0.2, 0.25) is 5.02 Å². The summed E-state index contributed by atoms with van der Waals surface area (Å²) in [4.78, 5) is 40.3. The molecule has 0 aliphatic carbocycles. The van der Waals surface area contributed by atoms with E-state index >= 15 is 0 Å². The number of phenolic OH excluding ortho intramolecular Hbond substituents is 1. The van der Waals surface area contributed by atoms with Crippen molar-refractivity contribution in [1.82, 2.24) is 9.99 Å². The molecule has 0 fully saturated rings. The number of phenols is 1. The van der Waals surface area contributed by atoms with E-state index in [9.17, 15) is 19.5 Å². The normalized spacial score (nSPS) is 15.9. The second-order valence-electron chi connectivity index (χ2n) is 16.9. The van der Waals surface area contributed by atoms with Gasteiger partial charge in [-0.25, -0.2) is 9.46 Å². The predicted molar refractivity (Wildman–Crippen MR) is 235 cm³/mol. The number of rotatable bonds is 18. The minimum absolute atomic E-state index is 0.0887. The number of nitrogens with one attached hydrogen (secondary N) is 1. The van der Waals surface area contributed by atoms with Crippen molar-refractivity contribution >= 4 is 48.7 Å². The molecule has 2 N–H and O–H groups in total. The van der Waals surface area contributed by atoms with Crippen LogP contribution in [0.25, 0.3) is 10.8 Å². The van der Waals surface area contributed by atoms with Gasteiger partial charge in [0.1, 0.15) is 23.0 Å². The summed E-state index contributed by atoms with van der Waals surface area (Å²) < 4.78 is 33.5. The molecule has 0 aromatic heterocycles. The topological polar surface area (TPSA) is 157 Å². The maximum Gasteiger partial charge on any atom is 0.340 e. The minimum Gasteiger partial charge on any atom is -0.506 e. The van der Waals surface area contributed by atoms with Crippen molar-refractivity contribution in [3.63, 3.8) is 0 Å². The summed E-state index contributed by atoms with van der Waals surface area (Å²) >= 11 is 6.41. The Labute approximate surface area is 364 Å². The van der Waals surface area contributed by atoms with E-state index in [0.717, 1.165) is 25.7 Å². The summed E-state index contributed by atoms with van der Waals surface area (Å²) in [5, 5.41) is 23.8. The van der Waals surface area contributed by atoms with Gasteiger partial charge in [0, 0.05) is 53.2 Å². The molecule has 2 unspecified atom stereocenters. The Bertz CT molecular complexity index is 2310. The third-order valence-electron chi connectivity index (χ3n) is 10.6. The number of nitriles is 1. The van der Waals surface area contributed by atoms with Crippen molar-refractivity contribution in [2.45, 2.75) is 111 Å². The first kappa shape index (κ1) is 45.8. The summed E-state index contributed by atoms with van der Waals surface area (Å²) in [5.74, 6) is -0.329. The number of benzene rings is 4. The number of fused-ring (bicyclic) bond motifs is 8. The quantitative estimate of drug-likeness (QED) is 0.0424. The van der Waals surface area contributed by atoms with Gasteiger partial charge in [0.15, 0.2) is 5.60 Å². The van der Waals surface area contributed by atoms with Gasteiger partial charge in [-0.2, -0.15) is 5.26 Å². The number of aryl methyl sites for hydroxylation is 1. The van der Waals surface area contributed by atoms with Crippen molar-refractivity contribution in [3.8, 4) is 29.1 Å². The number of ether oxygens (including phenoxy) is 3. The van der Waals surface area contributed by atoms with Crippen molar-refractivity contribution in [2.75, 3.05) is 19.8 Å². The smallest absolute Gasteiger partial charge is 0.340 e. The van der Waals surface area contributed by atoms with Gasteiger partial charge in [-0.05, 0) is 109 Å². The standard InChI is InChI=1S/C47H55ClN3O9P/c1-29(2)51(30(3)4)61(57-24-14-21-49)56-23-13-9-8-12-22-50-42(53)20-18-32-25-37-41(28-40(32)59-45(55)46(5,6)7)58-43-34-27-38(48)39(52)26-31(34)17-19-36(43)47(37)35-16-11-10-15-33(35)44(54)60-47/h10-11,15-17,19,25-30,52H,8-9,12-14,18,20,22-24H2,1-7H3,(H,50,53). The van der Waals surface area contributed by atoms with E-state index in [-0.39, 0.29) is 47.4 Å². The SMILES string of the molecule is CC(C)N(C(C)C)P(OCCC#N)OCCCCCCNC(=O)CCc1cc2c(cc1OC(=O)C(C)(C)C)Oc1c(ccc3cc(O)c(Cl)cc13)C21OC(=O)c2ccccc21. The third kappa shape index (κ3) is 9.98. The molecular weight excluding hydrogens is 817 g/mol. The number of esters is 2. The maximum atomic E-state index is 13.6. The Balaban J connectivity index is 1.17. The molecule has 0 bridgehead atoms. The lowest BCUT2D eigenvalue weighted by Crippen LogP contribution is -2.33. The number of amides is 1. The number of hydrogen-bond donors (Lipinski definition) is 2. The molecule has 1 spiro atoms. The number of carbonyl (C=O) groups is 3. The number of halogens is 1. The van der Waals surface area contributed by atoms with Crippen LogP contribution in [-0.4, -0.2) is 59.5 Å². The molecule has 2 heterocycles.